The van der Waals surface area contributed by atoms with Gasteiger partial charge in [-0.1, -0.05) is 6.07 Å². The number of carbonyl (C=O) groups excluding carboxylic acids is 1. The van der Waals surface area contributed by atoms with Crippen molar-refractivity contribution in [3.8, 4) is 0 Å². The van der Waals surface area contributed by atoms with E-state index in [1.54, 1.807) is 0 Å². The normalized spacial score (nSPS) is 11.7. The Kier molecular flexibility index (Phi) is 6.09. The number of amides is 1. The second kappa shape index (κ2) is 8.44. The molecule has 3 aromatic carbocycles. The van der Waals surface area contributed by atoms with Crippen LogP contribution in [0.2, 0.25) is 0 Å². The fourth-order valence-electron chi connectivity index (χ4n) is 2.71. The van der Waals surface area contributed by atoms with E-state index in [9.17, 15) is 30.4 Å². The third-order valence-electron chi connectivity index (χ3n) is 4.04. The number of nitrogens with zero attached hydrogens (tertiary/aromatic N) is 1. The summed E-state index contributed by atoms with van der Waals surface area (Å²) in [6.45, 7) is 1.23. The molecule has 11 heteroatoms. The van der Waals surface area contributed by atoms with Gasteiger partial charge in [-0.05, 0) is 66.7 Å². The molecule has 1 N–H and O–H groups in total. The summed E-state index contributed by atoms with van der Waals surface area (Å²) in [6, 6.07) is 12.4. The van der Waals surface area contributed by atoms with E-state index in [0.717, 1.165) is 54.6 Å². The monoisotopic (exact) mass is 466 g/mol. The van der Waals surface area contributed by atoms with Crippen molar-refractivity contribution < 1.29 is 30.4 Å². The van der Waals surface area contributed by atoms with Crippen LogP contribution in [0.4, 0.5) is 20.2 Å². The number of hydrogen-bond donors (Lipinski definition) is 1. The molecule has 0 radical (unpaired) electrons. The Bertz CT molecular complexity index is 1250. The van der Waals surface area contributed by atoms with Crippen molar-refractivity contribution >= 4 is 37.3 Å². The van der Waals surface area contributed by atoms with Gasteiger partial charge in [0.25, 0.3) is 20.0 Å². The fraction of sp³-hybridized carbons (Fsp3) is 0.0500. The van der Waals surface area contributed by atoms with Crippen molar-refractivity contribution in [1.29, 1.82) is 0 Å². The van der Waals surface area contributed by atoms with E-state index in [0.29, 0.717) is 0 Å². The molecule has 0 saturated carbocycles. The average Bonchev–Trinajstić information content (AvgIpc) is 2.68. The molecule has 0 saturated heterocycles. The Balaban J connectivity index is 2.25. The molecular formula is C20H16F2N2O5S2. The van der Waals surface area contributed by atoms with Crippen molar-refractivity contribution in [2.45, 2.75) is 16.7 Å². The van der Waals surface area contributed by atoms with Crippen molar-refractivity contribution in [2.24, 2.45) is 0 Å². The highest BCUT2D eigenvalue weighted by atomic mass is 32.3. The zero-order chi connectivity index (χ0) is 22.8. The lowest BCUT2D eigenvalue weighted by molar-refractivity contribution is -0.114. The Hall–Kier alpha value is -3.31. The number of nitrogens with one attached hydrogen (secondary N) is 1. The van der Waals surface area contributed by atoms with Crippen LogP contribution in [0, 0.1) is 11.6 Å². The van der Waals surface area contributed by atoms with Crippen LogP contribution in [-0.2, 0) is 24.8 Å². The number of anilines is 2. The van der Waals surface area contributed by atoms with Crippen LogP contribution < -0.4 is 9.03 Å². The van der Waals surface area contributed by atoms with Crippen molar-refractivity contribution in [3.63, 3.8) is 0 Å². The predicted molar refractivity (Wildman–Crippen MR) is 110 cm³/mol. The molecule has 0 spiro atoms. The number of halogens is 2. The maximum absolute atomic E-state index is 13.3. The second-order valence-corrected chi connectivity index (χ2v) is 10.2. The molecule has 0 bridgehead atoms. The molecule has 0 aliphatic rings. The first-order valence-corrected chi connectivity index (χ1v) is 11.6. The lowest BCUT2D eigenvalue weighted by Crippen LogP contribution is -2.37. The Morgan fingerprint density at radius 2 is 1.23 bits per heavy atom. The van der Waals surface area contributed by atoms with Crippen LogP contribution in [0.15, 0.2) is 82.6 Å². The Morgan fingerprint density at radius 1 is 0.774 bits per heavy atom. The van der Waals surface area contributed by atoms with Crippen LogP contribution in [0.5, 0.6) is 0 Å². The maximum atomic E-state index is 13.3. The molecule has 3 aromatic rings. The van der Waals surface area contributed by atoms with Crippen LogP contribution in [-0.4, -0.2) is 22.7 Å². The van der Waals surface area contributed by atoms with Crippen LogP contribution in [0.25, 0.3) is 0 Å². The van der Waals surface area contributed by atoms with Gasteiger partial charge in [0.15, 0.2) is 0 Å². The molecule has 0 aromatic heterocycles. The van der Waals surface area contributed by atoms with Gasteiger partial charge in [-0.25, -0.2) is 25.6 Å². The quantitative estimate of drug-likeness (QED) is 0.599. The van der Waals surface area contributed by atoms with Gasteiger partial charge in [-0.3, -0.25) is 4.79 Å². The van der Waals surface area contributed by atoms with E-state index in [2.05, 4.69) is 5.32 Å². The number of rotatable bonds is 6. The van der Waals surface area contributed by atoms with E-state index in [1.165, 1.54) is 25.1 Å². The summed E-state index contributed by atoms with van der Waals surface area (Å²) < 4.78 is 80.1. The number of sulfonamides is 2. The molecule has 7 nitrogen and oxygen atoms in total. The summed E-state index contributed by atoms with van der Waals surface area (Å²) in [4.78, 5) is 10.4. The van der Waals surface area contributed by atoms with E-state index < -0.39 is 47.4 Å². The molecule has 1 amide bonds. The predicted octanol–water partition coefficient (Wildman–Crippen LogP) is 3.51. The first kappa shape index (κ1) is 22.4. The molecule has 0 aliphatic carbocycles. The summed E-state index contributed by atoms with van der Waals surface area (Å²) in [5, 5.41) is 2.44. The summed E-state index contributed by atoms with van der Waals surface area (Å²) in [5.41, 5.74) is -0.154. The fourth-order valence-corrected chi connectivity index (χ4v) is 6.39. The lowest BCUT2D eigenvalue weighted by atomic mass is 10.3. The highest BCUT2D eigenvalue weighted by molar-refractivity contribution is 8.10. The van der Waals surface area contributed by atoms with E-state index in [1.807, 2.05) is 0 Å². The minimum absolute atomic E-state index is 0.151. The van der Waals surface area contributed by atoms with Crippen molar-refractivity contribution in [2.75, 3.05) is 9.03 Å². The zero-order valence-electron chi connectivity index (χ0n) is 16.0. The van der Waals surface area contributed by atoms with Gasteiger partial charge in [0.1, 0.15) is 11.6 Å². The number of hydrogen-bond acceptors (Lipinski definition) is 5. The molecule has 3 rings (SSSR count). The van der Waals surface area contributed by atoms with E-state index in [4.69, 9.17) is 0 Å². The summed E-state index contributed by atoms with van der Waals surface area (Å²) >= 11 is 0. The molecular weight excluding hydrogens is 450 g/mol. The Morgan fingerprint density at radius 3 is 1.65 bits per heavy atom. The van der Waals surface area contributed by atoms with Crippen LogP contribution in [0.3, 0.4) is 0 Å². The minimum Gasteiger partial charge on any atom is -0.326 e. The molecule has 0 heterocycles. The van der Waals surface area contributed by atoms with Gasteiger partial charge in [-0.2, -0.15) is 3.71 Å². The molecule has 31 heavy (non-hydrogen) atoms. The first-order valence-electron chi connectivity index (χ1n) is 8.71. The standard InChI is InChI=1S/C20H16F2N2O5S2/c1-14(25)23-17-3-2-4-18(13-17)24(30(26,27)19-9-5-15(21)6-10-19)31(28,29)20-11-7-16(22)8-12-20/h2-13H,1H3,(H,23,25). The third-order valence-corrected chi connectivity index (χ3v) is 8.25. The SMILES string of the molecule is CC(=O)Nc1cccc(N(S(=O)(=O)c2ccc(F)cc2)S(=O)(=O)c2ccc(F)cc2)c1. The summed E-state index contributed by atoms with van der Waals surface area (Å²) in [7, 11) is -9.52. The molecule has 0 unspecified atom stereocenters. The summed E-state index contributed by atoms with van der Waals surface area (Å²) in [6.07, 6.45) is 0. The van der Waals surface area contributed by atoms with Crippen LogP contribution >= 0.6 is 0 Å². The van der Waals surface area contributed by atoms with Crippen LogP contribution in [0.1, 0.15) is 6.92 Å². The highest BCUT2D eigenvalue weighted by Crippen LogP contribution is 2.32. The zero-order valence-corrected chi connectivity index (χ0v) is 17.6. The number of carbonyl (C=O) groups is 1. The minimum atomic E-state index is -4.76. The smallest absolute Gasteiger partial charge is 0.277 e. The van der Waals surface area contributed by atoms with Crippen molar-refractivity contribution in [1.82, 2.24) is 0 Å². The van der Waals surface area contributed by atoms with Gasteiger partial charge in [0, 0.05) is 12.6 Å². The topological polar surface area (TPSA) is 101 Å². The van der Waals surface area contributed by atoms with E-state index in [-0.39, 0.29) is 15.1 Å². The molecule has 0 aliphatic heterocycles. The van der Waals surface area contributed by atoms with Gasteiger partial charge < -0.3 is 5.32 Å². The lowest BCUT2D eigenvalue weighted by Gasteiger charge is -2.24. The summed E-state index contributed by atoms with van der Waals surface area (Å²) in [5.74, 6) is -1.87. The first-order chi connectivity index (χ1) is 14.5. The largest absolute Gasteiger partial charge is 0.326 e. The third kappa shape index (κ3) is 4.72. The second-order valence-electron chi connectivity index (χ2n) is 6.35. The van der Waals surface area contributed by atoms with Gasteiger partial charge in [-0.15, -0.1) is 0 Å². The average molecular weight is 466 g/mol. The van der Waals surface area contributed by atoms with E-state index >= 15 is 0 Å². The van der Waals surface area contributed by atoms with Gasteiger partial charge >= 0.3 is 0 Å². The van der Waals surface area contributed by atoms with Crippen molar-refractivity contribution in [3.05, 3.63) is 84.4 Å². The van der Waals surface area contributed by atoms with Gasteiger partial charge in [0.05, 0.1) is 15.5 Å². The molecule has 0 fully saturated rings. The Labute approximate surface area is 178 Å². The maximum Gasteiger partial charge on any atom is 0.277 e. The molecule has 162 valence electrons. The number of benzene rings is 3. The van der Waals surface area contributed by atoms with Gasteiger partial charge in [0.2, 0.25) is 5.91 Å². The molecule has 0 atom stereocenters. The highest BCUT2D eigenvalue weighted by Gasteiger charge is 2.37.